The number of amides is 1. The molecule has 1 aliphatic carbocycles. The van der Waals surface area contributed by atoms with Crippen LogP contribution in [0.2, 0.25) is 0 Å². The molecule has 7 nitrogen and oxygen atoms in total. The van der Waals surface area contributed by atoms with E-state index in [0.717, 1.165) is 31.9 Å². The minimum absolute atomic E-state index is 0. The third-order valence-corrected chi connectivity index (χ3v) is 5.62. The lowest BCUT2D eigenvalue weighted by Crippen LogP contribution is -2.41. The van der Waals surface area contributed by atoms with Crippen molar-refractivity contribution in [2.24, 2.45) is 10.9 Å². The van der Waals surface area contributed by atoms with Gasteiger partial charge in [-0.2, -0.15) is 0 Å². The number of halogens is 1. The molecule has 1 fully saturated rings. The Labute approximate surface area is 218 Å². The average molecular weight is 572 g/mol. The molecule has 0 aliphatic heterocycles. The number of guanidine groups is 1. The lowest BCUT2D eigenvalue weighted by atomic mass is 9.98. The molecular weight excluding hydrogens is 539 g/mol. The first-order valence-electron chi connectivity index (χ1n) is 11.7. The summed E-state index contributed by atoms with van der Waals surface area (Å²) in [5, 5.41) is 9.57. The number of hydrogen-bond donors (Lipinski definition) is 3. The summed E-state index contributed by atoms with van der Waals surface area (Å²) in [6, 6.07) is 17.0. The van der Waals surface area contributed by atoms with Crippen molar-refractivity contribution >= 4 is 35.8 Å². The van der Waals surface area contributed by atoms with Crippen molar-refractivity contribution in [2.45, 2.75) is 32.9 Å². The van der Waals surface area contributed by atoms with Crippen LogP contribution in [-0.4, -0.2) is 41.1 Å². The molecule has 0 radical (unpaired) electrons. The number of aromatic nitrogens is 2. The molecule has 1 aromatic heterocycles. The second-order valence-corrected chi connectivity index (χ2v) is 8.28. The zero-order valence-corrected chi connectivity index (χ0v) is 21.9. The molecular formula is C26H33IN6O. The van der Waals surface area contributed by atoms with Gasteiger partial charge in [0.25, 0.3) is 0 Å². The van der Waals surface area contributed by atoms with Gasteiger partial charge in [0, 0.05) is 44.5 Å². The Bertz CT molecular complexity index is 1060. The topological polar surface area (TPSA) is 83.3 Å². The second-order valence-electron chi connectivity index (χ2n) is 8.28. The number of rotatable bonds is 10. The van der Waals surface area contributed by atoms with Crippen molar-refractivity contribution in [1.29, 1.82) is 0 Å². The highest BCUT2D eigenvalue weighted by Gasteiger charge is 2.28. The third-order valence-electron chi connectivity index (χ3n) is 5.62. The van der Waals surface area contributed by atoms with Crippen LogP contribution >= 0.6 is 24.0 Å². The lowest BCUT2D eigenvalue weighted by molar-refractivity contribution is -0.122. The molecule has 1 amide bonds. The second kappa shape index (κ2) is 13.1. The van der Waals surface area contributed by atoms with E-state index in [2.05, 4.69) is 74.0 Å². The number of carbonyl (C=O) groups excluding carboxylic acids is 1. The first-order chi connectivity index (χ1) is 16.2. The van der Waals surface area contributed by atoms with Crippen LogP contribution in [0.15, 0.2) is 72.2 Å². The molecule has 1 heterocycles. The first-order valence-corrected chi connectivity index (χ1v) is 11.7. The molecule has 8 heteroatoms. The quantitative estimate of drug-likeness (QED) is 0.150. The van der Waals surface area contributed by atoms with Crippen molar-refractivity contribution in [3.8, 4) is 11.1 Å². The molecule has 0 bridgehead atoms. The van der Waals surface area contributed by atoms with Gasteiger partial charge in [0.05, 0.1) is 12.9 Å². The summed E-state index contributed by atoms with van der Waals surface area (Å²) in [5.74, 6) is 1.16. The predicted octanol–water partition coefficient (Wildman–Crippen LogP) is 3.80. The van der Waals surface area contributed by atoms with Crippen molar-refractivity contribution < 1.29 is 4.79 Å². The molecule has 3 aromatic rings. The SMILES string of the molecule is CCNC(=NCc1ccccc1-c1ccc(Cn2ccnc2)cc1)NCCNC(=O)C1CC1.I. The summed E-state index contributed by atoms with van der Waals surface area (Å²) in [5.41, 5.74) is 4.76. The standard InChI is InChI=1S/C26H32N6O.HI/c1-2-28-26(30-14-13-29-25(33)22-11-12-22)31-17-23-5-3-4-6-24(23)21-9-7-20(8-10-21)18-32-16-15-27-19-32;/h3-10,15-16,19,22H,2,11-14,17-18H2,1H3,(H,29,33)(H2,28,30,31);1H. The highest BCUT2D eigenvalue weighted by Crippen LogP contribution is 2.28. The fraction of sp³-hybridized carbons (Fsp3) is 0.346. The number of imidazole rings is 1. The summed E-state index contributed by atoms with van der Waals surface area (Å²) < 4.78 is 2.06. The van der Waals surface area contributed by atoms with Crippen LogP contribution in [0, 0.1) is 5.92 Å². The van der Waals surface area contributed by atoms with E-state index in [4.69, 9.17) is 4.99 Å². The molecule has 0 spiro atoms. The van der Waals surface area contributed by atoms with Crippen molar-refractivity contribution in [3.05, 3.63) is 78.4 Å². The van der Waals surface area contributed by atoms with Gasteiger partial charge >= 0.3 is 0 Å². The third kappa shape index (κ3) is 7.58. The highest BCUT2D eigenvalue weighted by atomic mass is 127. The van der Waals surface area contributed by atoms with Crippen LogP contribution in [-0.2, 0) is 17.9 Å². The van der Waals surface area contributed by atoms with Gasteiger partial charge < -0.3 is 20.5 Å². The minimum Gasteiger partial charge on any atom is -0.357 e. The Balaban J connectivity index is 0.00000324. The monoisotopic (exact) mass is 572 g/mol. The van der Waals surface area contributed by atoms with E-state index in [-0.39, 0.29) is 35.8 Å². The van der Waals surface area contributed by atoms with E-state index >= 15 is 0 Å². The Morgan fingerprint density at radius 2 is 1.82 bits per heavy atom. The summed E-state index contributed by atoms with van der Waals surface area (Å²) >= 11 is 0. The smallest absolute Gasteiger partial charge is 0.223 e. The fourth-order valence-electron chi connectivity index (χ4n) is 3.68. The number of hydrogen-bond acceptors (Lipinski definition) is 3. The zero-order chi connectivity index (χ0) is 22.9. The molecule has 34 heavy (non-hydrogen) atoms. The van der Waals surface area contributed by atoms with Gasteiger partial charge in [0.2, 0.25) is 5.91 Å². The van der Waals surface area contributed by atoms with Crippen LogP contribution in [0.3, 0.4) is 0 Å². The van der Waals surface area contributed by atoms with E-state index in [1.807, 2.05) is 19.4 Å². The van der Waals surface area contributed by atoms with Crippen molar-refractivity contribution in [2.75, 3.05) is 19.6 Å². The number of benzene rings is 2. The number of aliphatic imine (C=N–C) groups is 1. The number of carbonyl (C=O) groups is 1. The number of nitrogens with zero attached hydrogens (tertiary/aromatic N) is 3. The van der Waals surface area contributed by atoms with Gasteiger partial charge in [-0.15, -0.1) is 24.0 Å². The van der Waals surface area contributed by atoms with E-state index in [1.165, 1.54) is 22.3 Å². The van der Waals surface area contributed by atoms with Crippen LogP contribution in [0.25, 0.3) is 11.1 Å². The van der Waals surface area contributed by atoms with E-state index in [0.29, 0.717) is 19.6 Å². The van der Waals surface area contributed by atoms with Gasteiger partial charge in [-0.1, -0.05) is 48.5 Å². The highest BCUT2D eigenvalue weighted by molar-refractivity contribution is 14.0. The molecule has 3 N–H and O–H groups in total. The molecule has 0 unspecified atom stereocenters. The van der Waals surface area contributed by atoms with Crippen LogP contribution < -0.4 is 16.0 Å². The minimum atomic E-state index is 0. The molecule has 0 saturated heterocycles. The normalized spacial score (nSPS) is 13.1. The Morgan fingerprint density at radius 1 is 1.06 bits per heavy atom. The average Bonchev–Trinajstić information content (AvgIpc) is 3.58. The van der Waals surface area contributed by atoms with Gasteiger partial charge in [-0.25, -0.2) is 9.98 Å². The lowest BCUT2D eigenvalue weighted by Gasteiger charge is -2.13. The molecule has 1 saturated carbocycles. The fourth-order valence-corrected chi connectivity index (χ4v) is 3.68. The van der Waals surface area contributed by atoms with Crippen LogP contribution in [0.1, 0.15) is 30.9 Å². The molecule has 2 aromatic carbocycles. The summed E-state index contributed by atoms with van der Waals surface area (Å²) in [7, 11) is 0. The van der Waals surface area contributed by atoms with Gasteiger partial charge in [-0.3, -0.25) is 4.79 Å². The zero-order valence-electron chi connectivity index (χ0n) is 19.5. The molecule has 180 valence electrons. The molecule has 0 atom stereocenters. The van der Waals surface area contributed by atoms with Crippen molar-refractivity contribution in [1.82, 2.24) is 25.5 Å². The Morgan fingerprint density at radius 3 is 2.53 bits per heavy atom. The maximum Gasteiger partial charge on any atom is 0.223 e. The van der Waals surface area contributed by atoms with E-state index < -0.39 is 0 Å². The Hall–Kier alpha value is -2.88. The molecule has 4 rings (SSSR count). The van der Waals surface area contributed by atoms with Crippen LogP contribution in [0.5, 0.6) is 0 Å². The van der Waals surface area contributed by atoms with Crippen LogP contribution in [0.4, 0.5) is 0 Å². The largest absolute Gasteiger partial charge is 0.357 e. The van der Waals surface area contributed by atoms with E-state index in [9.17, 15) is 4.79 Å². The maximum absolute atomic E-state index is 11.8. The summed E-state index contributed by atoms with van der Waals surface area (Å²) in [6.45, 7) is 5.44. The maximum atomic E-state index is 11.8. The van der Waals surface area contributed by atoms with Gasteiger partial charge in [0.15, 0.2) is 5.96 Å². The number of nitrogens with one attached hydrogen (secondary N) is 3. The van der Waals surface area contributed by atoms with Gasteiger partial charge in [0.1, 0.15) is 0 Å². The van der Waals surface area contributed by atoms with Crippen molar-refractivity contribution in [3.63, 3.8) is 0 Å². The first kappa shape index (κ1) is 25.7. The Kier molecular flexibility index (Phi) is 9.93. The summed E-state index contributed by atoms with van der Waals surface area (Å²) in [6.07, 6.45) is 7.65. The van der Waals surface area contributed by atoms with E-state index in [1.54, 1.807) is 6.20 Å². The summed E-state index contributed by atoms with van der Waals surface area (Å²) in [4.78, 5) is 20.6. The molecule has 1 aliphatic rings. The van der Waals surface area contributed by atoms with Gasteiger partial charge in [-0.05, 0) is 42.0 Å². The predicted molar refractivity (Wildman–Crippen MR) is 147 cm³/mol.